The number of carbonyl (C=O) groups is 1. The molecule has 128 valence electrons. The zero-order valence-corrected chi connectivity index (χ0v) is 14.2. The summed E-state index contributed by atoms with van der Waals surface area (Å²) in [6.45, 7) is 2.68. The highest BCUT2D eigenvalue weighted by atomic mass is 16.5. The summed E-state index contributed by atoms with van der Waals surface area (Å²) >= 11 is 0. The van der Waals surface area contributed by atoms with Crippen molar-refractivity contribution in [3.63, 3.8) is 0 Å². The highest BCUT2D eigenvalue weighted by Gasteiger charge is 2.26. The van der Waals surface area contributed by atoms with Crippen LogP contribution in [0.3, 0.4) is 0 Å². The number of hydrogen-bond donors (Lipinski definition) is 1. The molecule has 2 aliphatic rings. The normalized spacial score (nSPS) is 19.8. The number of rotatable bonds is 3. The van der Waals surface area contributed by atoms with Gasteiger partial charge >= 0.3 is 0 Å². The number of nitrogens with zero attached hydrogens (tertiary/aromatic N) is 1. The summed E-state index contributed by atoms with van der Waals surface area (Å²) < 4.78 is 5.40. The second kappa shape index (κ2) is 6.98. The van der Waals surface area contributed by atoms with Crippen LogP contribution < -0.4 is 0 Å². The van der Waals surface area contributed by atoms with Crippen LogP contribution in [-0.2, 0) is 11.2 Å². The van der Waals surface area contributed by atoms with Crippen molar-refractivity contribution in [1.29, 1.82) is 0 Å². The summed E-state index contributed by atoms with van der Waals surface area (Å²) in [7, 11) is 0. The van der Waals surface area contributed by atoms with E-state index in [1.165, 1.54) is 32.1 Å². The van der Waals surface area contributed by atoms with Crippen LogP contribution in [0.2, 0.25) is 0 Å². The van der Waals surface area contributed by atoms with Gasteiger partial charge in [0.25, 0.3) is 5.91 Å². The molecule has 2 fully saturated rings. The number of aromatic nitrogens is 1. The first-order valence-electron chi connectivity index (χ1n) is 9.29. The Bertz CT molecular complexity index is 709. The molecule has 1 aliphatic carbocycles. The van der Waals surface area contributed by atoms with Crippen molar-refractivity contribution < 1.29 is 9.53 Å². The highest BCUT2D eigenvalue weighted by Crippen LogP contribution is 2.31. The second-order valence-electron chi connectivity index (χ2n) is 7.14. The SMILES string of the molecule is O=C(c1c(CC2CCCCC2)[nH]c2ccccc12)N1CCOCC1. The van der Waals surface area contributed by atoms with E-state index in [0.717, 1.165) is 28.6 Å². The topological polar surface area (TPSA) is 45.3 Å². The minimum absolute atomic E-state index is 0.168. The Morgan fingerprint density at radius 3 is 2.67 bits per heavy atom. The second-order valence-corrected chi connectivity index (χ2v) is 7.14. The van der Waals surface area contributed by atoms with Crippen LogP contribution in [0.15, 0.2) is 24.3 Å². The average molecular weight is 326 g/mol. The number of nitrogens with one attached hydrogen (secondary N) is 1. The van der Waals surface area contributed by atoms with E-state index in [9.17, 15) is 4.79 Å². The van der Waals surface area contributed by atoms with Crippen molar-refractivity contribution in [3.05, 3.63) is 35.5 Å². The van der Waals surface area contributed by atoms with E-state index in [1.807, 2.05) is 17.0 Å². The Morgan fingerprint density at radius 1 is 1.12 bits per heavy atom. The molecular weight excluding hydrogens is 300 g/mol. The monoisotopic (exact) mass is 326 g/mol. The molecule has 4 heteroatoms. The number of benzene rings is 1. The molecule has 24 heavy (non-hydrogen) atoms. The molecule has 1 aliphatic heterocycles. The molecule has 1 saturated heterocycles. The molecule has 4 rings (SSSR count). The number of H-pyrrole nitrogens is 1. The third-order valence-corrected chi connectivity index (χ3v) is 5.51. The molecule has 0 radical (unpaired) electrons. The van der Waals surface area contributed by atoms with Gasteiger partial charge in [0.05, 0.1) is 18.8 Å². The van der Waals surface area contributed by atoms with Gasteiger partial charge in [0.2, 0.25) is 0 Å². The van der Waals surface area contributed by atoms with Gasteiger partial charge in [-0.05, 0) is 18.4 Å². The molecule has 4 nitrogen and oxygen atoms in total. The van der Waals surface area contributed by atoms with Crippen molar-refractivity contribution in [3.8, 4) is 0 Å². The highest BCUT2D eigenvalue weighted by molar-refractivity contribution is 6.08. The van der Waals surface area contributed by atoms with Crippen LogP contribution in [0, 0.1) is 5.92 Å². The van der Waals surface area contributed by atoms with Gasteiger partial charge in [0, 0.05) is 29.7 Å². The van der Waals surface area contributed by atoms with Gasteiger partial charge in [-0.1, -0.05) is 50.3 Å². The first kappa shape index (κ1) is 15.7. The quantitative estimate of drug-likeness (QED) is 0.933. The lowest BCUT2D eigenvalue weighted by molar-refractivity contribution is 0.0303. The Morgan fingerprint density at radius 2 is 1.88 bits per heavy atom. The Hall–Kier alpha value is -1.81. The predicted molar refractivity (Wildman–Crippen MR) is 95.3 cm³/mol. The fraction of sp³-hybridized carbons (Fsp3) is 0.550. The van der Waals surface area contributed by atoms with E-state index >= 15 is 0 Å². The molecule has 0 spiro atoms. The van der Waals surface area contributed by atoms with Gasteiger partial charge in [-0.15, -0.1) is 0 Å². The van der Waals surface area contributed by atoms with Crippen molar-refractivity contribution in [1.82, 2.24) is 9.88 Å². The van der Waals surface area contributed by atoms with Gasteiger partial charge in [-0.2, -0.15) is 0 Å². The van der Waals surface area contributed by atoms with Crippen molar-refractivity contribution in [2.24, 2.45) is 5.92 Å². The minimum Gasteiger partial charge on any atom is -0.378 e. The van der Waals surface area contributed by atoms with Crippen LogP contribution >= 0.6 is 0 Å². The first-order chi connectivity index (χ1) is 11.8. The number of para-hydroxylation sites is 1. The van der Waals surface area contributed by atoms with Gasteiger partial charge in [0.15, 0.2) is 0 Å². The summed E-state index contributed by atoms with van der Waals surface area (Å²) in [5.41, 5.74) is 3.12. The largest absolute Gasteiger partial charge is 0.378 e. The smallest absolute Gasteiger partial charge is 0.256 e. The third kappa shape index (κ3) is 3.07. The standard InChI is InChI=1S/C20H26N2O2/c23-20(22-10-12-24-13-11-22)19-16-8-4-5-9-17(16)21-18(19)14-15-6-2-1-3-7-15/h4-5,8-9,15,21H,1-3,6-7,10-14H2. The van der Waals surface area contributed by atoms with E-state index in [2.05, 4.69) is 17.1 Å². The lowest BCUT2D eigenvalue weighted by Gasteiger charge is -2.27. The molecule has 2 aromatic rings. The molecule has 0 unspecified atom stereocenters. The lowest BCUT2D eigenvalue weighted by Crippen LogP contribution is -2.41. The van der Waals surface area contributed by atoms with Crippen molar-refractivity contribution in [2.45, 2.75) is 38.5 Å². The molecular formula is C20H26N2O2. The maximum atomic E-state index is 13.2. The summed E-state index contributed by atoms with van der Waals surface area (Å²) in [5.74, 6) is 0.879. The van der Waals surface area contributed by atoms with Crippen LogP contribution in [0.1, 0.15) is 48.2 Å². The lowest BCUT2D eigenvalue weighted by atomic mass is 9.85. The van der Waals surface area contributed by atoms with Gasteiger partial charge < -0.3 is 14.6 Å². The van der Waals surface area contributed by atoms with Crippen LogP contribution in [0.4, 0.5) is 0 Å². The molecule has 1 aromatic heterocycles. The number of morpholine rings is 1. The maximum absolute atomic E-state index is 13.2. The fourth-order valence-electron chi connectivity index (χ4n) is 4.20. The van der Waals surface area contributed by atoms with E-state index in [4.69, 9.17) is 4.74 Å². The first-order valence-corrected chi connectivity index (χ1v) is 9.29. The average Bonchev–Trinajstić information content (AvgIpc) is 3.00. The van der Waals surface area contributed by atoms with Gasteiger partial charge in [-0.3, -0.25) is 4.79 Å². The molecule has 1 saturated carbocycles. The maximum Gasteiger partial charge on any atom is 0.256 e. The summed E-state index contributed by atoms with van der Waals surface area (Å²) in [5, 5.41) is 1.07. The molecule has 1 aromatic carbocycles. The van der Waals surface area contributed by atoms with Crippen LogP contribution in [0.25, 0.3) is 10.9 Å². The molecule has 1 amide bonds. The van der Waals surface area contributed by atoms with Crippen LogP contribution in [-0.4, -0.2) is 42.1 Å². The molecule has 0 atom stereocenters. The van der Waals surface area contributed by atoms with Crippen LogP contribution in [0.5, 0.6) is 0 Å². The number of ether oxygens (including phenoxy) is 1. The van der Waals surface area contributed by atoms with Gasteiger partial charge in [0.1, 0.15) is 0 Å². The number of aromatic amines is 1. The Kier molecular flexibility index (Phi) is 4.56. The fourth-order valence-corrected chi connectivity index (χ4v) is 4.20. The molecule has 0 bridgehead atoms. The minimum atomic E-state index is 0.168. The number of carbonyl (C=O) groups excluding carboxylic acids is 1. The number of amides is 1. The Balaban J connectivity index is 1.68. The molecule has 1 N–H and O–H groups in total. The van der Waals surface area contributed by atoms with Gasteiger partial charge in [-0.25, -0.2) is 0 Å². The Labute approximate surface area is 143 Å². The predicted octanol–water partition coefficient (Wildman–Crippen LogP) is 3.76. The molecule has 2 heterocycles. The number of fused-ring (bicyclic) bond motifs is 1. The summed E-state index contributed by atoms with van der Waals surface area (Å²) in [6, 6.07) is 8.21. The van der Waals surface area contributed by atoms with E-state index in [-0.39, 0.29) is 5.91 Å². The third-order valence-electron chi connectivity index (χ3n) is 5.51. The zero-order chi connectivity index (χ0) is 16.4. The zero-order valence-electron chi connectivity index (χ0n) is 14.2. The van der Waals surface area contributed by atoms with Crippen molar-refractivity contribution >= 4 is 16.8 Å². The summed E-state index contributed by atoms with van der Waals surface area (Å²) in [6.07, 6.45) is 7.61. The van der Waals surface area contributed by atoms with E-state index in [1.54, 1.807) is 0 Å². The van der Waals surface area contributed by atoms with Crippen molar-refractivity contribution in [2.75, 3.05) is 26.3 Å². The number of hydrogen-bond acceptors (Lipinski definition) is 2. The van der Waals surface area contributed by atoms with E-state index < -0.39 is 0 Å². The van der Waals surface area contributed by atoms with E-state index in [0.29, 0.717) is 32.2 Å². The summed E-state index contributed by atoms with van der Waals surface area (Å²) in [4.78, 5) is 18.7.